The highest BCUT2D eigenvalue weighted by Gasteiger charge is 2.29. The summed E-state index contributed by atoms with van der Waals surface area (Å²) in [6, 6.07) is 18.8. The molecule has 9 heteroatoms. The van der Waals surface area contributed by atoms with Crippen LogP contribution in [0, 0.1) is 6.92 Å². The Morgan fingerprint density at radius 2 is 1.68 bits per heavy atom. The maximum Gasteiger partial charge on any atom is 0.264 e. The van der Waals surface area contributed by atoms with Crippen molar-refractivity contribution in [3.8, 4) is 11.5 Å². The van der Waals surface area contributed by atoms with Gasteiger partial charge in [0, 0.05) is 5.02 Å². The first-order valence-electron chi connectivity index (χ1n) is 11.9. The number of hydrogen-bond donors (Lipinski definition) is 1. The molecule has 3 aromatic rings. The number of carbonyl (C=O) groups excluding carboxylic acids is 1. The average Bonchev–Trinajstić information content (AvgIpc) is 2.85. The maximum absolute atomic E-state index is 13.6. The van der Waals surface area contributed by atoms with Crippen molar-refractivity contribution in [3.05, 3.63) is 82.9 Å². The summed E-state index contributed by atoms with van der Waals surface area (Å²) < 4.78 is 39.6. The molecule has 37 heavy (non-hydrogen) atoms. The lowest BCUT2D eigenvalue weighted by molar-refractivity contribution is -0.119. The first-order chi connectivity index (χ1) is 17.4. The Balaban J connectivity index is 1.78. The number of nitrogens with one attached hydrogen (secondary N) is 1. The zero-order valence-electron chi connectivity index (χ0n) is 21.7. The second kappa shape index (κ2) is 11.9. The molecule has 0 saturated carbocycles. The van der Waals surface area contributed by atoms with E-state index in [0.717, 1.165) is 21.2 Å². The molecule has 0 spiro atoms. The van der Waals surface area contributed by atoms with Crippen molar-refractivity contribution in [1.82, 2.24) is 5.32 Å². The van der Waals surface area contributed by atoms with Gasteiger partial charge in [-0.05, 0) is 54.3 Å². The van der Waals surface area contributed by atoms with E-state index < -0.39 is 22.5 Å². The predicted octanol–water partition coefficient (Wildman–Crippen LogP) is 5.35. The number of nitrogens with zero attached hydrogens (tertiary/aromatic N) is 1. The highest BCUT2D eigenvalue weighted by Crippen LogP contribution is 2.35. The van der Waals surface area contributed by atoms with Gasteiger partial charge in [0.15, 0.2) is 0 Å². The van der Waals surface area contributed by atoms with E-state index in [0.29, 0.717) is 5.02 Å². The third-order valence-corrected chi connectivity index (χ3v) is 7.69. The Hall–Kier alpha value is -3.23. The summed E-state index contributed by atoms with van der Waals surface area (Å²) in [6.45, 7) is 8.12. The molecular formula is C28H33ClN2O5S. The molecule has 1 amide bonds. The van der Waals surface area contributed by atoms with Crippen molar-refractivity contribution in [2.24, 2.45) is 0 Å². The van der Waals surface area contributed by atoms with Crippen LogP contribution < -0.4 is 19.1 Å². The normalized spacial score (nSPS) is 11.6. The lowest BCUT2D eigenvalue weighted by atomic mass is 9.86. The second-order valence-corrected chi connectivity index (χ2v) is 11.9. The van der Waals surface area contributed by atoms with Gasteiger partial charge in [0.1, 0.15) is 24.7 Å². The van der Waals surface area contributed by atoms with Crippen LogP contribution in [0.5, 0.6) is 11.5 Å². The van der Waals surface area contributed by atoms with Gasteiger partial charge in [-0.25, -0.2) is 8.42 Å². The highest BCUT2D eigenvalue weighted by molar-refractivity contribution is 7.92. The van der Waals surface area contributed by atoms with Crippen LogP contribution in [0.15, 0.2) is 71.6 Å². The lowest BCUT2D eigenvalue weighted by Crippen LogP contribution is -2.42. The van der Waals surface area contributed by atoms with E-state index in [4.69, 9.17) is 21.1 Å². The Kier molecular flexibility index (Phi) is 9.10. The van der Waals surface area contributed by atoms with Crippen molar-refractivity contribution < 1.29 is 22.7 Å². The number of methoxy groups -OCH3 is 1. The second-order valence-electron chi connectivity index (χ2n) is 9.59. The number of amides is 1. The van der Waals surface area contributed by atoms with E-state index in [1.165, 1.54) is 25.3 Å². The van der Waals surface area contributed by atoms with Crippen LogP contribution in [-0.2, 0) is 20.2 Å². The predicted molar refractivity (Wildman–Crippen MR) is 147 cm³/mol. The summed E-state index contributed by atoms with van der Waals surface area (Å²) in [5.74, 6) is 0.525. The lowest BCUT2D eigenvalue weighted by Gasteiger charge is -2.26. The molecule has 0 atom stereocenters. The van der Waals surface area contributed by atoms with Gasteiger partial charge in [-0.2, -0.15) is 0 Å². The topological polar surface area (TPSA) is 84.9 Å². The maximum atomic E-state index is 13.6. The monoisotopic (exact) mass is 544 g/mol. The number of sulfonamides is 1. The van der Waals surface area contributed by atoms with Crippen LogP contribution in [0.25, 0.3) is 0 Å². The van der Waals surface area contributed by atoms with E-state index >= 15 is 0 Å². The molecule has 0 heterocycles. The smallest absolute Gasteiger partial charge is 0.264 e. The molecule has 0 aliphatic carbocycles. The molecule has 0 aliphatic heterocycles. The molecule has 0 fully saturated rings. The van der Waals surface area contributed by atoms with E-state index in [2.05, 4.69) is 26.1 Å². The number of carbonyl (C=O) groups is 1. The Labute approximate surface area is 224 Å². The largest absolute Gasteiger partial charge is 0.495 e. The molecule has 0 radical (unpaired) electrons. The van der Waals surface area contributed by atoms with E-state index in [9.17, 15) is 13.2 Å². The first-order valence-corrected chi connectivity index (χ1v) is 13.7. The summed E-state index contributed by atoms with van der Waals surface area (Å²) >= 11 is 6.18. The zero-order valence-corrected chi connectivity index (χ0v) is 23.3. The fraction of sp³-hybridized carbons (Fsp3) is 0.321. The first kappa shape index (κ1) is 28.3. The zero-order chi connectivity index (χ0) is 27.2. The number of para-hydroxylation sites is 1. The number of halogens is 1. The van der Waals surface area contributed by atoms with Crippen LogP contribution >= 0.6 is 11.6 Å². The molecule has 0 saturated heterocycles. The van der Waals surface area contributed by atoms with E-state index in [-0.39, 0.29) is 34.9 Å². The molecule has 3 rings (SSSR count). The van der Waals surface area contributed by atoms with Crippen molar-refractivity contribution >= 4 is 33.2 Å². The van der Waals surface area contributed by atoms with Gasteiger partial charge >= 0.3 is 0 Å². The van der Waals surface area contributed by atoms with Crippen molar-refractivity contribution in [1.29, 1.82) is 0 Å². The van der Waals surface area contributed by atoms with Crippen LogP contribution in [0.4, 0.5) is 5.69 Å². The molecule has 198 valence electrons. The van der Waals surface area contributed by atoms with Gasteiger partial charge in [0.05, 0.1) is 24.2 Å². The highest BCUT2D eigenvalue weighted by atomic mass is 35.5. The van der Waals surface area contributed by atoms with Gasteiger partial charge in [0.2, 0.25) is 5.91 Å². The molecule has 3 aromatic carbocycles. The van der Waals surface area contributed by atoms with Crippen molar-refractivity contribution in [3.63, 3.8) is 0 Å². The molecule has 0 aromatic heterocycles. The molecule has 1 N–H and O–H groups in total. The van der Waals surface area contributed by atoms with Crippen molar-refractivity contribution in [2.45, 2.75) is 38.0 Å². The summed E-state index contributed by atoms with van der Waals surface area (Å²) in [7, 11) is -2.68. The van der Waals surface area contributed by atoms with Gasteiger partial charge in [-0.1, -0.05) is 68.3 Å². The minimum atomic E-state index is -4.11. The summed E-state index contributed by atoms with van der Waals surface area (Å²) in [4.78, 5) is 13.0. The van der Waals surface area contributed by atoms with Gasteiger partial charge in [0.25, 0.3) is 10.0 Å². The number of rotatable bonds is 10. The standard InChI is InChI=1S/C28H33ClN2O5S/c1-20-10-13-22(14-11-20)37(33,34)31(24-18-21(29)12-15-26(24)35-5)19-27(32)30-16-17-36-25-9-7-6-8-23(25)28(2,3)4/h6-15,18H,16-17,19H2,1-5H3,(H,30,32). The Morgan fingerprint density at radius 3 is 2.32 bits per heavy atom. The van der Waals surface area contributed by atoms with Crippen molar-refractivity contribution in [2.75, 3.05) is 31.1 Å². The van der Waals surface area contributed by atoms with Crippen LogP contribution in [0.1, 0.15) is 31.9 Å². The van der Waals surface area contributed by atoms with Crippen LogP contribution in [0.2, 0.25) is 5.02 Å². The minimum Gasteiger partial charge on any atom is -0.495 e. The Bertz CT molecular complexity index is 1340. The third kappa shape index (κ3) is 7.17. The molecule has 0 unspecified atom stereocenters. The van der Waals surface area contributed by atoms with Gasteiger partial charge < -0.3 is 14.8 Å². The molecular weight excluding hydrogens is 512 g/mol. The number of ether oxygens (including phenoxy) is 2. The molecule has 0 bridgehead atoms. The summed E-state index contributed by atoms with van der Waals surface area (Å²) in [5, 5.41) is 3.06. The summed E-state index contributed by atoms with van der Waals surface area (Å²) in [5.41, 5.74) is 2.04. The molecule has 7 nitrogen and oxygen atoms in total. The number of benzene rings is 3. The average molecular weight is 545 g/mol. The van der Waals surface area contributed by atoms with Gasteiger partial charge in [-0.15, -0.1) is 0 Å². The fourth-order valence-corrected chi connectivity index (χ4v) is 5.33. The fourth-order valence-electron chi connectivity index (χ4n) is 3.75. The van der Waals surface area contributed by atoms with Crippen LogP contribution in [-0.4, -0.2) is 41.1 Å². The number of hydrogen-bond acceptors (Lipinski definition) is 5. The third-order valence-electron chi connectivity index (χ3n) is 5.68. The van der Waals surface area contributed by atoms with Crippen LogP contribution in [0.3, 0.4) is 0 Å². The number of aryl methyl sites for hydroxylation is 1. The minimum absolute atomic E-state index is 0.0510. The quantitative estimate of drug-likeness (QED) is 0.348. The van der Waals surface area contributed by atoms with E-state index in [1.807, 2.05) is 31.2 Å². The Morgan fingerprint density at radius 1 is 1.00 bits per heavy atom. The van der Waals surface area contributed by atoms with Gasteiger partial charge in [-0.3, -0.25) is 9.10 Å². The molecule has 0 aliphatic rings. The summed E-state index contributed by atoms with van der Waals surface area (Å²) in [6.07, 6.45) is 0. The van der Waals surface area contributed by atoms with E-state index in [1.54, 1.807) is 24.3 Å². The number of anilines is 1. The SMILES string of the molecule is COc1ccc(Cl)cc1N(CC(=O)NCCOc1ccccc1C(C)(C)C)S(=O)(=O)c1ccc(C)cc1.